The van der Waals surface area contributed by atoms with Gasteiger partial charge in [-0.15, -0.1) is 0 Å². The van der Waals surface area contributed by atoms with Gasteiger partial charge in [0.1, 0.15) is 16.7 Å². The molecule has 35 heavy (non-hydrogen) atoms. The third-order valence-electron chi connectivity index (χ3n) is 5.87. The molecule has 1 aliphatic heterocycles. The maximum Gasteiger partial charge on any atom is 0.254 e. The van der Waals surface area contributed by atoms with Gasteiger partial charge >= 0.3 is 0 Å². The van der Waals surface area contributed by atoms with Crippen LogP contribution in [0.4, 0.5) is 5.82 Å². The molecule has 1 fully saturated rings. The monoisotopic (exact) mass is 519 g/mol. The van der Waals surface area contributed by atoms with E-state index < -0.39 is 0 Å². The van der Waals surface area contributed by atoms with E-state index in [4.69, 9.17) is 16.3 Å². The minimum Gasteiger partial charge on any atom is -0.497 e. The Morgan fingerprint density at radius 1 is 1.14 bits per heavy atom. The van der Waals surface area contributed by atoms with Crippen molar-refractivity contribution in [3.8, 4) is 5.75 Å². The summed E-state index contributed by atoms with van der Waals surface area (Å²) < 4.78 is 5.18. The Bertz CT molecular complexity index is 1000. The number of amides is 2. The highest BCUT2D eigenvalue weighted by molar-refractivity contribution is 7.99. The summed E-state index contributed by atoms with van der Waals surface area (Å²) in [6, 6.07) is 8.90. The minimum atomic E-state index is -0.0126. The van der Waals surface area contributed by atoms with Crippen LogP contribution in [0.25, 0.3) is 0 Å². The second-order valence-corrected chi connectivity index (χ2v) is 9.85. The fraction of sp³-hybridized carbons (Fsp3) is 0.520. The summed E-state index contributed by atoms with van der Waals surface area (Å²) in [7, 11) is 1.60. The molecule has 1 atom stereocenters. The van der Waals surface area contributed by atoms with Gasteiger partial charge in [0.05, 0.1) is 12.9 Å². The molecule has 1 aromatic carbocycles. The molecule has 0 saturated carbocycles. The van der Waals surface area contributed by atoms with E-state index in [1.165, 1.54) is 11.8 Å². The normalized spacial score (nSPS) is 15.7. The van der Waals surface area contributed by atoms with Crippen molar-refractivity contribution < 1.29 is 14.3 Å². The summed E-state index contributed by atoms with van der Waals surface area (Å²) in [4.78, 5) is 40.5. The summed E-state index contributed by atoms with van der Waals surface area (Å²) in [5.41, 5.74) is 0.639. The molecular formula is C25H34ClN5O3S. The van der Waals surface area contributed by atoms with E-state index in [2.05, 4.69) is 28.7 Å². The second-order valence-electron chi connectivity index (χ2n) is 8.52. The van der Waals surface area contributed by atoms with Crippen LogP contribution in [0.2, 0.25) is 5.15 Å². The first-order valence-corrected chi connectivity index (χ1v) is 13.4. The number of methoxy groups -OCH3 is 1. The predicted octanol–water partition coefficient (Wildman–Crippen LogP) is 4.23. The fourth-order valence-corrected chi connectivity index (χ4v) is 5.08. The van der Waals surface area contributed by atoms with E-state index in [-0.39, 0.29) is 23.6 Å². The van der Waals surface area contributed by atoms with E-state index in [0.717, 1.165) is 31.7 Å². The maximum absolute atomic E-state index is 13.0. The van der Waals surface area contributed by atoms with Crippen molar-refractivity contribution >= 4 is 41.0 Å². The van der Waals surface area contributed by atoms with Crippen molar-refractivity contribution in [1.82, 2.24) is 19.8 Å². The van der Waals surface area contributed by atoms with E-state index in [1.807, 2.05) is 16.7 Å². The van der Waals surface area contributed by atoms with Gasteiger partial charge in [0.2, 0.25) is 5.91 Å². The minimum absolute atomic E-state index is 0.000933. The molecule has 2 heterocycles. The SMILES string of the molecule is CCCN(CCC)C(=O)CSc1nc(Cl)cc(N2CCN(C(=O)c3ccc(OC)cc3)C(C)C2)n1. The van der Waals surface area contributed by atoms with Crippen LogP contribution in [-0.2, 0) is 4.79 Å². The first-order chi connectivity index (χ1) is 16.9. The van der Waals surface area contributed by atoms with E-state index in [0.29, 0.717) is 41.3 Å². The lowest BCUT2D eigenvalue weighted by Crippen LogP contribution is -2.54. The number of hydrogen-bond acceptors (Lipinski definition) is 7. The molecule has 2 aromatic rings. The summed E-state index contributed by atoms with van der Waals surface area (Å²) in [6.07, 6.45) is 1.86. The predicted molar refractivity (Wildman–Crippen MR) is 141 cm³/mol. The smallest absolute Gasteiger partial charge is 0.254 e. The first kappa shape index (κ1) is 27.1. The number of nitrogens with zero attached hydrogens (tertiary/aromatic N) is 5. The molecule has 1 aromatic heterocycles. The van der Waals surface area contributed by atoms with Gasteiger partial charge in [0.15, 0.2) is 5.16 Å². The van der Waals surface area contributed by atoms with Crippen molar-refractivity contribution in [3.63, 3.8) is 0 Å². The molecular weight excluding hydrogens is 486 g/mol. The molecule has 0 radical (unpaired) electrons. The Balaban J connectivity index is 1.63. The van der Waals surface area contributed by atoms with Crippen LogP contribution < -0.4 is 9.64 Å². The van der Waals surface area contributed by atoms with Crippen LogP contribution in [0.5, 0.6) is 5.75 Å². The molecule has 1 aliphatic rings. The number of piperazine rings is 1. The van der Waals surface area contributed by atoms with Crippen molar-refractivity contribution in [1.29, 1.82) is 0 Å². The number of carbonyl (C=O) groups is 2. The van der Waals surface area contributed by atoms with Crippen LogP contribution >= 0.6 is 23.4 Å². The van der Waals surface area contributed by atoms with Crippen LogP contribution in [0.3, 0.4) is 0 Å². The highest BCUT2D eigenvalue weighted by Gasteiger charge is 2.29. The van der Waals surface area contributed by atoms with Crippen molar-refractivity contribution in [2.45, 2.75) is 44.8 Å². The number of anilines is 1. The number of ether oxygens (including phenoxy) is 1. The lowest BCUT2D eigenvalue weighted by Gasteiger charge is -2.40. The fourth-order valence-electron chi connectivity index (χ4n) is 4.10. The number of rotatable bonds is 10. The summed E-state index contributed by atoms with van der Waals surface area (Å²) in [6.45, 7) is 9.50. The summed E-state index contributed by atoms with van der Waals surface area (Å²) in [5, 5.41) is 0.825. The summed E-state index contributed by atoms with van der Waals surface area (Å²) >= 11 is 7.61. The number of thioether (sulfide) groups is 1. The number of benzene rings is 1. The Labute approximate surface area is 217 Å². The average molecular weight is 520 g/mol. The van der Waals surface area contributed by atoms with Gasteiger partial charge in [-0.25, -0.2) is 9.97 Å². The van der Waals surface area contributed by atoms with Crippen molar-refractivity contribution in [3.05, 3.63) is 41.0 Å². The number of carbonyl (C=O) groups excluding carboxylic acids is 2. The van der Waals surface area contributed by atoms with Crippen LogP contribution in [-0.4, -0.2) is 83.2 Å². The Hall–Kier alpha value is -2.52. The van der Waals surface area contributed by atoms with Crippen molar-refractivity contribution in [2.75, 3.05) is 50.5 Å². The van der Waals surface area contributed by atoms with E-state index in [1.54, 1.807) is 37.4 Å². The molecule has 0 bridgehead atoms. The van der Waals surface area contributed by atoms with Crippen LogP contribution in [0, 0.1) is 0 Å². The highest BCUT2D eigenvalue weighted by Crippen LogP contribution is 2.25. The second kappa shape index (κ2) is 13.0. The van der Waals surface area contributed by atoms with Gasteiger partial charge in [-0.1, -0.05) is 37.2 Å². The lowest BCUT2D eigenvalue weighted by atomic mass is 10.1. The number of aromatic nitrogens is 2. The molecule has 190 valence electrons. The molecule has 10 heteroatoms. The Morgan fingerprint density at radius 3 is 2.43 bits per heavy atom. The largest absolute Gasteiger partial charge is 0.497 e. The maximum atomic E-state index is 13.0. The third kappa shape index (κ3) is 7.24. The molecule has 0 spiro atoms. The lowest BCUT2D eigenvalue weighted by molar-refractivity contribution is -0.128. The zero-order chi connectivity index (χ0) is 25.4. The van der Waals surface area contributed by atoms with Gasteiger partial charge in [0, 0.05) is 50.4 Å². The van der Waals surface area contributed by atoms with Gasteiger partial charge < -0.3 is 19.4 Å². The average Bonchev–Trinajstić information content (AvgIpc) is 2.86. The molecule has 3 rings (SSSR count). The number of hydrogen-bond donors (Lipinski definition) is 0. The molecule has 1 unspecified atom stereocenters. The zero-order valence-corrected chi connectivity index (χ0v) is 22.4. The van der Waals surface area contributed by atoms with Gasteiger partial charge in [-0.2, -0.15) is 0 Å². The van der Waals surface area contributed by atoms with E-state index in [9.17, 15) is 9.59 Å². The molecule has 0 N–H and O–H groups in total. The molecule has 2 amide bonds. The highest BCUT2D eigenvalue weighted by atomic mass is 35.5. The topological polar surface area (TPSA) is 78.9 Å². The van der Waals surface area contributed by atoms with Gasteiger partial charge in [-0.3, -0.25) is 9.59 Å². The third-order valence-corrected chi connectivity index (χ3v) is 6.90. The Morgan fingerprint density at radius 2 is 1.83 bits per heavy atom. The standard InChI is InChI=1S/C25H34ClN5O3S/c1-5-11-29(12-6-2)23(32)17-35-25-27-21(26)15-22(28-25)30-13-14-31(18(3)16-30)24(33)19-7-9-20(34-4)10-8-19/h7-10,15,18H,5-6,11-14,16-17H2,1-4H3. The summed E-state index contributed by atoms with van der Waals surface area (Å²) in [5.74, 6) is 1.80. The molecule has 0 aliphatic carbocycles. The molecule has 1 saturated heterocycles. The van der Waals surface area contributed by atoms with Crippen LogP contribution in [0.15, 0.2) is 35.5 Å². The van der Waals surface area contributed by atoms with Crippen molar-refractivity contribution in [2.24, 2.45) is 0 Å². The Kier molecular flexibility index (Phi) is 10.0. The molecule has 8 nitrogen and oxygen atoms in total. The quantitative estimate of drug-likeness (QED) is 0.264. The van der Waals surface area contributed by atoms with Gasteiger partial charge in [0.25, 0.3) is 5.91 Å². The van der Waals surface area contributed by atoms with Gasteiger partial charge in [-0.05, 0) is 44.0 Å². The zero-order valence-electron chi connectivity index (χ0n) is 20.9. The first-order valence-electron chi connectivity index (χ1n) is 12.0. The van der Waals surface area contributed by atoms with Crippen LogP contribution in [0.1, 0.15) is 44.0 Å². The van der Waals surface area contributed by atoms with E-state index >= 15 is 0 Å². The number of halogens is 1.